The van der Waals surface area contributed by atoms with Gasteiger partial charge in [-0.3, -0.25) is 0 Å². The van der Waals surface area contributed by atoms with Crippen LogP contribution in [0.15, 0.2) is 18.2 Å². The maximum Gasteiger partial charge on any atom is 0.137 e. The van der Waals surface area contributed by atoms with Crippen molar-refractivity contribution in [2.45, 2.75) is 32.5 Å². The van der Waals surface area contributed by atoms with Gasteiger partial charge in [0.05, 0.1) is 11.2 Å². The summed E-state index contributed by atoms with van der Waals surface area (Å²) < 4.78 is 11.7. The van der Waals surface area contributed by atoms with Gasteiger partial charge >= 0.3 is 0 Å². The van der Waals surface area contributed by atoms with Crippen molar-refractivity contribution in [3.05, 3.63) is 29.3 Å². The zero-order valence-electron chi connectivity index (χ0n) is 11.7. The molecule has 0 amide bonds. The van der Waals surface area contributed by atoms with Crippen molar-refractivity contribution in [3.63, 3.8) is 0 Å². The van der Waals surface area contributed by atoms with E-state index in [1.165, 1.54) is 0 Å². The van der Waals surface area contributed by atoms with Gasteiger partial charge in [-0.25, -0.2) is 0 Å². The molecule has 0 aromatic heterocycles. The zero-order chi connectivity index (χ0) is 13.9. The number of hydrogen-bond donors (Lipinski definition) is 1. The van der Waals surface area contributed by atoms with Crippen molar-refractivity contribution in [2.75, 3.05) is 19.7 Å². The predicted molar refractivity (Wildman–Crippen MR) is 73.2 cm³/mol. The molecule has 2 rings (SSSR count). The van der Waals surface area contributed by atoms with Gasteiger partial charge in [-0.2, -0.15) is 5.26 Å². The van der Waals surface area contributed by atoms with Crippen LogP contribution in [0.3, 0.4) is 0 Å². The minimum atomic E-state index is -0.169. The molecule has 1 atom stereocenters. The summed E-state index contributed by atoms with van der Waals surface area (Å²) in [5.74, 6) is 0.625. The van der Waals surface area contributed by atoms with E-state index in [0.717, 1.165) is 18.7 Å². The fraction of sp³-hybridized carbons (Fsp3) is 0.533. The SMILES string of the molecule is Cc1ccc(OCC2CNCC(C)(C)O2)c(C#N)c1. The van der Waals surface area contributed by atoms with Crippen molar-refractivity contribution in [3.8, 4) is 11.8 Å². The highest BCUT2D eigenvalue weighted by Gasteiger charge is 2.28. The summed E-state index contributed by atoms with van der Waals surface area (Å²) in [5.41, 5.74) is 1.46. The summed E-state index contributed by atoms with van der Waals surface area (Å²) in [7, 11) is 0. The second kappa shape index (κ2) is 5.60. The van der Waals surface area contributed by atoms with Crippen LogP contribution in [0.2, 0.25) is 0 Å². The van der Waals surface area contributed by atoms with Gasteiger partial charge in [0, 0.05) is 13.1 Å². The third-order valence-corrected chi connectivity index (χ3v) is 3.09. The lowest BCUT2D eigenvalue weighted by atomic mass is 10.1. The minimum absolute atomic E-state index is 0.0107. The van der Waals surface area contributed by atoms with E-state index in [0.29, 0.717) is 17.9 Å². The molecule has 1 aliphatic rings. The van der Waals surface area contributed by atoms with Crippen LogP contribution < -0.4 is 10.1 Å². The van der Waals surface area contributed by atoms with Gasteiger partial charge in [-0.05, 0) is 38.5 Å². The van der Waals surface area contributed by atoms with Gasteiger partial charge in [0.15, 0.2) is 0 Å². The maximum atomic E-state index is 9.09. The Kier molecular flexibility index (Phi) is 4.08. The fourth-order valence-corrected chi connectivity index (χ4v) is 2.20. The van der Waals surface area contributed by atoms with E-state index in [1.807, 2.05) is 25.1 Å². The molecule has 1 unspecified atom stereocenters. The number of morpholine rings is 1. The molecule has 4 heteroatoms. The predicted octanol–water partition coefficient (Wildman–Crippen LogP) is 2.01. The van der Waals surface area contributed by atoms with Crippen LogP contribution in [0.25, 0.3) is 0 Å². The highest BCUT2D eigenvalue weighted by atomic mass is 16.5. The molecule has 102 valence electrons. The van der Waals surface area contributed by atoms with E-state index in [4.69, 9.17) is 14.7 Å². The van der Waals surface area contributed by atoms with Crippen LogP contribution in [0.1, 0.15) is 25.0 Å². The van der Waals surface area contributed by atoms with Gasteiger partial charge in [0.1, 0.15) is 24.5 Å². The van der Waals surface area contributed by atoms with Crippen LogP contribution in [0.5, 0.6) is 5.75 Å². The average Bonchev–Trinajstić information content (AvgIpc) is 2.36. The number of rotatable bonds is 3. The molecular formula is C15H20N2O2. The molecule has 4 nitrogen and oxygen atoms in total. The summed E-state index contributed by atoms with van der Waals surface area (Å²) in [6.45, 7) is 8.14. The lowest BCUT2D eigenvalue weighted by molar-refractivity contribution is -0.107. The monoisotopic (exact) mass is 260 g/mol. The molecule has 1 heterocycles. The van der Waals surface area contributed by atoms with E-state index in [1.54, 1.807) is 0 Å². The topological polar surface area (TPSA) is 54.3 Å². The van der Waals surface area contributed by atoms with E-state index < -0.39 is 0 Å². The van der Waals surface area contributed by atoms with Crippen molar-refractivity contribution in [1.29, 1.82) is 5.26 Å². The second-order valence-electron chi connectivity index (χ2n) is 5.55. The number of nitrogens with one attached hydrogen (secondary N) is 1. The molecule has 1 aliphatic heterocycles. The number of ether oxygens (including phenoxy) is 2. The largest absolute Gasteiger partial charge is 0.489 e. The Balaban J connectivity index is 1.97. The molecule has 1 saturated heterocycles. The Hall–Kier alpha value is -1.57. The van der Waals surface area contributed by atoms with Crippen LogP contribution in [0.4, 0.5) is 0 Å². The van der Waals surface area contributed by atoms with Gasteiger partial charge in [0.2, 0.25) is 0 Å². The Morgan fingerprint density at radius 2 is 2.32 bits per heavy atom. The molecule has 1 aromatic rings. The smallest absolute Gasteiger partial charge is 0.137 e. The Morgan fingerprint density at radius 3 is 3.00 bits per heavy atom. The molecule has 0 aliphatic carbocycles. The summed E-state index contributed by atoms with van der Waals surface area (Å²) in [5, 5.41) is 12.4. The highest BCUT2D eigenvalue weighted by Crippen LogP contribution is 2.21. The van der Waals surface area contributed by atoms with Gasteiger partial charge in [-0.1, -0.05) is 6.07 Å². The Bertz CT molecular complexity index is 491. The summed E-state index contributed by atoms with van der Waals surface area (Å²) in [6.07, 6.45) is 0.0107. The molecule has 0 saturated carbocycles. The summed E-state index contributed by atoms with van der Waals surface area (Å²) in [4.78, 5) is 0. The molecular weight excluding hydrogens is 240 g/mol. The van der Waals surface area contributed by atoms with Gasteiger partial charge in [0.25, 0.3) is 0 Å². The van der Waals surface area contributed by atoms with E-state index >= 15 is 0 Å². The average molecular weight is 260 g/mol. The molecule has 0 radical (unpaired) electrons. The van der Waals surface area contributed by atoms with Crippen LogP contribution >= 0.6 is 0 Å². The highest BCUT2D eigenvalue weighted by molar-refractivity contribution is 5.45. The lowest BCUT2D eigenvalue weighted by Gasteiger charge is -2.36. The molecule has 1 N–H and O–H groups in total. The van der Waals surface area contributed by atoms with Gasteiger partial charge < -0.3 is 14.8 Å². The van der Waals surface area contributed by atoms with Crippen molar-refractivity contribution >= 4 is 0 Å². The number of aryl methyl sites for hydroxylation is 1. The van der Waals surface area contributed by atoms with Gasteiger partial charge in [-0.15, -0.1) is 0 Å². The van der Waals surface area contributed by atoms with Crippen LogP contribution in [-0.2, 0) is 4.74 Å². The third-order valence-electron chi connectivity index (χ3n) is 3.09. The maximum absolute atomic E-state index is 9.09. The molecule has 1 fully saturated rings. The first-order valence-corrected chi connectivity index (χ1v) is 6.52. The lowest BCUT2D eigenvalue weighted by Crippen LogP contribution is -2.52. The second-order valence-corrected chi connectivity index (χ2v) is 5.55. The van der Waals surface area contributed by atoms with E-state index in [9.17, 15) is 0 Å². The summed E-state index contributed by atoms with van der Waals surface area (Å²) in [6, 6.07) is 7.78. The van der Waals surface area contributed by atoms with Crippen molar-refractivity contribution < 1.29 is 9.47 Å². The number of nitriles is 1. The van der Waals surface area contributed by atoms with Crippen LogP contribution in [-0.4, -0.2) is 31.4 Å². The standard InChI is InChI=1S/C15H20N2O2/c1-11-4-5-14(12(6-11)7-16)18-9-13-8-17-10-15(2,3)19-13/h4-6,13,17H,8-10H2,1-3H3. The number of hydrogen-bond acceptors (Lipinski definition) is 4. The fourth-order valence-electron chi connectivity index (χ4n) is 2.20. The van der Waals surface area contributed by atoms with Crippen LogP contribution in [0, 0.1) is 18.3 Å². The summed E-state index contributed by atoms with van der Waals surface area (Å²) >= 11 is 0. The molecule has 1 aromatic carbocycles. The first kappa shape index (κ1) is 13.9. The molecule has 0 bridgehead atoms. The minimum Gasteiger partial charge on any atom is -0.489 e. The third kappa shape index (κ3) is 3.69. The van der Waals surface area contributed by atoms with E-state index in [2.05, 4.69) is 25.2 Å². The molecule has 19 heavy (non-hydrogen) atoms. The normalized spacial score (nSPS) is 21.7. The Labute approximate surface area is 114 Å². The zero-order valence-corrected chi connectivity index (χ0v) is 11.7. The first-order chi connectivity index (χ1) is 9.00. The molecule has 0 spiro atoms. The first-order valence-electron chi connectivity index (χ1n) is 6.52. The quantitative estimate of drug-likeness (QED) is 0.903. The number of benzene rings is 1. The van der Waals surface area contributed by atoms with Crippen molar-refractivity contribution in [2.24, 2.45) is 0 Å². The Morgan fingerprint density at radius 1 is 1.53 bits per heavy atom. The van der Waals surface area contributed by atoms with Crippen molar-refractivity contribution in [1.82, 2.24) is 5.32 Å². The number of nitrogens with zero attached hydrogens (tertiary/aromatic N) is 1. The van der Waals surface area contributed by atoms with E-state index in [-0.39, 0.29) is 11.7 Å².